The summed E-state index contributed by atoms with van der Waals surface area (Å²) in [6, 6.07) is 17.8. The van der Waals surface area contributed by atoms with Crippen molar-refractivity contribution in [3.63, 3.8) is 0 Å². The van der Waals surface area contributed by atoms with E-state index in [1.54, 1.807) is 6.07 Å². The smallest absolute Gasteiger partial charge is 0.345 e. The summed E-state index contributed by atoms with van der Waals surface area (Å²) in [6.07, 6.45) is 0.591. The molecule has 2 aromatic carbocycles. The maximum absolute atomic E-state index is 11.0. The number of hydrogen-bond donors (Lipinski definition) is 2. The number of thioether (sulfide) groups is 1. The van der Waals surface area contributed by atoms with Crippen LogP contribution in [0, 0.1) is 0 Å². The number of aromatic nitrogens is 3. The predicted molar refractivity (Wildman–Crippen MR) is 108 cm³/mol. The molecule has 0 bridgehead atoms. The van der Waals surface area contributed by atoms with Gasteiger partial charge in [-0.05, 0) is 28.5 Å². The lowest BCUT2D eigenvalue weighted by atomic mass is 10.0. The average molecular weight is 396 g/mol. The number of carboxylic acids is 1. The van der Waals surface area contributed by atoms with Crippen molar-refractivity contribution in [2.45, 2.75) is 17.3 Å². The van der Waals surface area contributed by atoms with E-state index in [4.69, 9.17) is 10.9 Å². The molecule has 0 aliphatic carbocycles. The number of carboxylic acid groups (broad SMARTS) is 1. The highest BCUT2D eigenvalue weighted by atomic mass is 32.2. The summed E-state index contributed by atoms with van der Waals surface area (Å²) < 4.78 is 1.51. The highest BCUT2D eigenvalue weighted by molar-refractivity contribution is 7.98. The van der Waals surface area contributed by atoms with E-state index in [-0.39, 0.29) is 0 Å². The number of benzene rings is 2. The number of aromatic carboxylic acids is 1. The maximum Gasteiger partial charge on any atom is 0.345 e. The molecule has 136 valence electrons. The first kappa shape index (κ1) is 17.6. The van der Waals surface area contributed by atoms with Gasteiger partial charge in [0.15, 0.2) is 5.82 Å². The predicted octanol–water partition coefficient (Wildman–Crippen LogP) is 3.79. The van der Waals surface area contributed by atoms with Gasteiger partial charge in [-0.15, -0.1) is 21.5 Å². The normalized spacial score (nSPS) is 11.1. The van der Waals surface area contributed by atoms with Crippen LogP contribution in [0.5, 0.6) is 0 Å². The van der Waals surface area contributed by atoms with Crippen molar-refractivity contribution < 1.29 is 9.90 Å². The molecule has 2 heterocycles. The van der Waals surface area contributed by atoms with E-state index >= 15 is 0 Å². The lowest BCUT2D eigenvalue weighted by Gasteiger charge is -2.07. The molecule has 0 aliphatic heterocycles. The van der Waals surface area contributed by atoms with Crippen LogP contribution in [-0.4, -0.2) is 25.9 Å². The van der Waals surface area contributed by atoms with Crippen LogP contribution in [-0.2, 0) is 12.2 Å². The first-order valence-corrected chi connectivity index (χ1v) is 10.0. The summed E-state index contributed by atoms with van der Waals surface area (Å²) in [4.78, 5) is 12.3. The van der Waals surface area contributed by atoms with Gasteiger partial charge in [-0.25, -0.2) is 9.47 Å². The minimum absolute atomic E-state index is 0.330. The second kappa shape index (κ2) is 7.42. The number of carbonyl (C=O) groups is 1. The first-order chi connectivity index (χ1) is 13.1. The summed E-state index contributed by atoms with van der Waals surface area (Å²) in [7, 11) is 0. The molecule has 27 heavy (non-hydrogen) atoms. The van der Waals surface area contributed by atoms with Gasteiger partial charge in [-0.2, -0.15) is 0 Å². The highest BCUT2D eigenvalue weighted by Crippen LogP contribution is 2.26. The molecule has 4 rings (SSSR count). The molecule has 0 amide bonds. The van der Waals surface area contributed by atoms with Gasteiger partial charge in [0.1, 0.15) is 4.88 Å². The molecule has 8 heteroatoms. The van der Waals surface area contributed by atoms with Crippen LogP contribution < -0.4 is 5.84 Å². The Morgan fingerprint density at radius 2 is 1.93 bits per heavy atom. The molecule has 0 aliphatic rings. The van der Waals surface area contributed by atoms with Gasteiger partial charge in [-0.1, -0.05) is 54.2 Å². The summed E-state index contributed by atoms with van der Waals surface area (Å²) in [5, 5.41) is 20.4. The molecule has 0 fully saturated rings. The van der Waals surface area contributed by atoms with E-state index in [1.165, 1.54) is 38.5 Å². The van der Waals surface area contributed by atoms with Gasteiger partial charge in [0, 0.05) is 17.1 Å². The van der Waals surface area contributed by atoms with E-state index in [0.29, 0.717) is 28.0 Å². The summed E-state index contributed by atoms with van der Waals surface area (Å²) >= 11 is 2.70. The first-order valence-electron chi connectivity index (χ1n) is 8.22. The molecular formula is C19H16N4O2S2. The van der Waals surface area contributed by atoms with Crippen molar-refractivity contribution in [1.82, 2.24) is 14.9 Å². The lowest BCUT2D eigenvalue weighted by molar-refractivity contribution is 0.0702. The minimum atomic E-state index is -0.907. The Morgan fingerprint density at radius 3 is 2.74 bits per heavy atom. The quantitative estimate of drug-likeness (QED) is 0.380. The molecule has 0 unspecified atom stereocenters. The Morgan fingerprint density at radius 1 is 1.11 bits per heavy atom. The Kier molecular flexibility index (Phi) is 4.83. The number of thiophene rings is 1. The third-order valence-electron chi connectivity index (χ3n) is 4.18. The fourth-order valence-corrected chi connectivity index (χ4v) is 4.61. The summed E-state index contributed by atoms with van der Waals surface area (Å²) in [5.74, 6) is 6.57. The number of hydrogen-bond acceptors (Lipinski definition) is 6. The van der Waals surface area contributed by atoms with Crippen molar-refractivity contribution in [2.24, 2.45) is 0 Å². The minimum Gasteiger partial charge on any atom is -0.477 e. The monoisotopic (exact) mass is 396 g/mol. The molecule has 0 radical (unpaired) electrons. The number of fused-ring (bicyclic) bond motifs is 1. The number of nitrogens with two attached hydrogens (primary N) is 1. The zero-order chi connectivity index (χ0) is 18.8. The van der Waals surface area contributed by atoms with Gasteiger partial charge >= 0.3 is 5.97 Å². The van der Waals surface area contributed by atoms with E-state index < -0.39 is 5.97 Å². The van der Waals surface area contributed by atoms with E-state index in [0.717, 1.165) is 10.4 Å². The Labute approximate surface area is 163 Å². The van der Waals surface area contributed by atoms with Crippen LogP contribution in [0.2, 0.25) is 0 Å². The SMILES string of the molecule is Nn1c(Cc2cccc3ccccc23)nnc1SCc1ccc(C(=O)O)s1. The second-order valence-electron chi connectivity index (χ2n) is 5.94. The molecule has 3 N–H and O–H groups in total. The van der Waals surface area contributed by atoms with Crippen LogP contribution in [0.1, 0.15) is 25.9 Å². The fourth-order valence-electron chi connectivity index (χ4n) is 2.85. The maximum atomic E-state index is 11.0. The molecule has 4 aromatic rings. The van der Waals surface area contributed by atoms with Gasteiger partial charge in [-0.3, -0.25) is 0 Å². The molecule has 0 saturated heterocycles. The third kappa shape index (κ3) is 3.67. The topological polar surface area (TPSA) is 94.0 Å². The average Bonchev–Trinajstić information content (AvgIpc) is 3.28. The lowest BCUT2D eigenvalue weighted by Crippen LogP contribution is -2.14. The standard InChI is InChI=1S/C19H16N4O2S2/c20-23-17(10-13-6-3-5-12-4-1-2-7-15(12)13)21-22-19(23)26-11-14-8-9-16(27-14)18(24)25/h1-9H,10-11,20H2,(H,24,25). The summed E-state index contributed by atoms with van der Waals surface area (Å²) in [6.45, 7) is 0. The second-order valence-corrected chi connectivity index (χ2v) is 8.05. The van der Waals surface area contributed by atoms with Crippen LogP contribution in [0.15, 0.2) is 59.8 Å². The Balaban J connectivity index is 1.50. The molecule has 0 saturated carbocycles. The Hall–Kier alpha value is -2.84. The van der Waals surface area contributed by atoms with Crippen molar-refractivity contribution >= 4 is 39.8 Å². The molecule has 6 nitrogen and oxygen atoms in total. The van der Waals surface area contributed by atoms with Gasteiger partial charge in [0.25, 0.3) is 0 Å². The zero-order valence-electron chi connectivity index (χ0n) is 14.2. The number of nitrogens with zero attached hydrogens (tertiary/aromatic N) is 3. The van der Waals surface area contributed by atoms with Crippen LogP contribution in [0.4, 0.5) is 0 Å². The van der Waals surface area contributed by atoms with Crippen LogP contribution >= 0.6 is 23.1 Å². The van der Waals surface area contributed by atoms with Crippen LogP contribution in [0.25, 0.3) is 10.8 Å². The summed E-state index contributed by atoms with van der Waals surface area (Å²) in [5.41, 5.74) is 1.15. The van der Waals surface area contributed by atoms with Crippen LogP contribution in [0.3, 0.4) is 0 Å². The van der Waals surface area contributed by atoms with E-state index in [2.05, 4.69) is 34.5 Å². The zero-order valence-corrected chi connectivity index (χ0v) is 15.8. The molecular weight excluding hydrogens is 380 g/mol. The van der Waals surface area contributed by atoms with Crippen molar-refractivity contribution in [1.29, 1.82) is 0 Å². The van der Waals surface area contributed by atoms with E-state index in [1.807, 2.05) is 24.3 Å². The Bertz CT molecular complexity index is 1110. The van der Waals surface area contributed by atoms with Gasteiger partial charge < -0.3 is 10.9 Å². The largest absolute Gasteiger partial charge is 0.477 e. The van der Waals surface area contributed by atoms with E-state index in [9.17, 15) is 4.79 Å². The van der Waals surface area contributed by atoms with Crippen molar-refractivity contribution in [2.75, 3.05) is 5.84 Å². The fraction of sp³-hybridized carbons (Fsp3) is 0.105. The van der Waals surface area contributed by atoms with Gasteiger partial charge in [0.05, 0.1) is 0 Å². The van der Waals surface area contributed by atoms with Gasteiger partial charge in [0.2, 0.25) is 5.16 Å². The number of nitrogen functional groups attached to an aromatic ring is 1. The van der Waals surface area contributed by atoms with Crippen molar-refractivity contribution in [3.8, 4) is 0 Å². The number of rotatable bonds is 6. The molecule has 0 atom stereocenters. The van der Waals surface area contributed by atoms with Crippen molar-refractivity contribution in [3.05, 3.63) is 75.7 Å². The molecule has 2 aromatic heterocycles. The highest BCUT2D eigenvalue weighted by Gasteiger charge is 2.13. The third-order valence-corrected chi connectivity index (χ3v) is 6.43. The molecule has 0 spiro atoms.